The van der Waals surface area contributed by atoms with Gasteiger partial charge >= 0.3 is 0 Å². The van der Waals surface area contributed by atoms with E-state index in [-0.39, 0.29) is 5.92 Å². The smallest absolute Gasteiger partial charge is 0.243 e. The van der Waals surface area contributed by atoms with E-state index in [0.29, 0.717) is 30.0 Å². The molecule has 2 heterocycles. The number of aryl methyl sites for hydroxylation is 1. The number of aromatic nitrogens is 1. The first-order valence-corrected chi connectivity index (χ1v) is 11.0. The van der Waals surface area contributed by atoms with Crippen molar-refractivity contribution in [2.45, 2.75) is 24.7 Å². The molecule has 5 nitrogen and oxygen atoms in total. The molecule has 4 rings (SSSR count). The third-order valence-electron chi connectivity index (χ3n) is 5.26. The highest BCUT2D eigenvalue weighted by atomic mass is 32.2. The molecule has 0 saturated carbocycles. The lowest BCUT2D eigenvalue weighted by atomic mass is 10.0. The molecule has 1 aliphatic rings. The summed E-state index contributed by atoms with van der Waals surface area (Å²) >= 11 is 0. The zero-order valence-electron chi connectivity index (χ0n) is 15.9. The van der Waals surface area contributed by atoms with Gasteiger partial charge in [-0.1, -0.05) is 24.3 Å². The predicted molar refractivity (Wildman–Crippen MR) is 110 cm³/mol. The molecule has 1 aliphatic heterocycles. The van der Waals surface area contributed by atoms with E-state index >= 15 is 0 Å². The Morgan fingerprint density at radius 2 is 1.93 bits per heavy atom. The molecule has 3 aromatic rings. The summed E-state index contributed by atoms with van der Waals surface area (Å²) in [5.74, 6) is 0.997. The average molecular weight is 397 g/mol. The van der Waals surface area contributed by atoms with Crippen LogP contribution in [-0.4, -0.2) is 37.4 Å². The molecule has 2 aromatic carbocycles. The van der Waals surface area contributed by atoms with Crippen LogP contribution < -0.4 is 4.74 Å². The monoisotopic (exact) mass is 396 g/mol. The van der Waals surface area contributed by atoms with Crippen molar-refractivity contribution in [1.82, 2.24) is 9.29 Å². The van der Waals surface area contributed by atoms with Gasteiger partial charge in [0.2, 0.25) is 10.0 Å². The minimum Gasteiger partial charge on any atom is -0.493 e. The van der Waals surface area contributed by atoms with Gasteiger partial charge in [0.1, 0.15) is 5.75 Å². The number of piperidine rings is 1. The molecule has 0 spiro atoms. The number of ether oxygens (including phenoxy) is 1. The molecule has 28 heavy (non-hydrogen) atoms. The summed E-state index contributed by atoms with van der Waals surface area (Å²) in [5.41, 5.74) is 1.71. The average Bonchev–Trinajstić information content (AvgIpc) is 2.73. The van der Waals surface area contributed by atoms with Gasteiger partial charge in [-0.05, 0) is 55.7 Å². The Labute approximate surface area is 166 Å². The van der Waals surface area contributed by atoms with E-state index in [2.05, 4.69) is 4.98 Å². The summed E-state index contributed by atoms with van der Waals surface area (Å²) in [5, 5.41) is 0.685. The zero-order chi connectivity index (χ0) is 19.6. The first-order chi connectivity index (χ1) is 13.6. The maximum absolute atomic E-state index is 13.4. The second-order valence-corrected chi connectivity index (χ2v) is 9.18. The van der Waals surface area contributed by atoms with Crippen molar-refractivity contribution in [3.63, 3.8) is 0 Å². The number of fused-ring (bicyclic) bond motifs is 1. The predicted octanol–water partition coefficient (Wildman–Crippen LogP) is 4.02. The minimum absolute atomic E-state index is 0.179. The molecule has 1 saturated heterocycles. The maximum atomic E-state index is 13.4. The summed E-state index contributed by atoms with van der Waals surface area (Å²) in [6.07, 6.45) is 3.50. The topological polar surface area (TPSA) is 59.5 Å². The van der Waals surface area contributed by atoms with Crippen molar-refractivity contribution in [2.75, 3.05) is 19.7 Å². The van der Waals surface area contributed by atoms with Crippen LogP contribution in [0.5, 0.6) is 5.75 Å². The fraction of sp³-hybridized carbons (Fsp3) is 0.318. The number of pyridine rings is 1. The lowest BCUT2D eigenvalue weighted by Gasteiger charge is -2.32. The highest BCUT2D eigenvalue weighted by molar-refractivity contribution is 7.89. The van der Waals surface area contributed by atoms with E-state index in [1.54, 1.807) is 22.6 Å². The molecular weight excluding hydrogens is 372 g/mol. The fourth-order valence-electron chi connectivity index (χ4n) is 3.76. The molecule has 6 heteroatoms. The molecule has 0 amide bonds. The third-order valence-corrected chi connectivity index (χ3v) is 7.18. The first kappa shape index (κ1) is 18.9. The largest absolute Gasteiger partial charge is 0.493 e. The minimum atomic E-state index is -3.58. The second-order valence-electron chi connectivity index (χ2n) is 7.28. The fourth-order valence-corrected chi connectivity index (χ4v) is 5.50. The summed E-state index contributed by atoms with van der Waals surface area (Å²) in [7, 11) is -3.58. The van der Waals surface area contributed by atoms with Crippen LogP contribution in [0, 0.1) is 12.8 Å². The Balaban J connectivity index is 1.55. The molecule has 0 bridgehead atoms. The number of para-hydroxylation sites is 1. The van der Waals surface area contributed by atoms with Crippen LogP contribution >= 0.6 is 0 Å². The van der Waals surface area contributed by atoms with Crippen molar-refractivity contribution in [1.29, 1.82) is 0 Å². The van der Waals surface area contributed by atoms with Crippen LogP contribution in [0.25, 0.3) is 10.9 Å². The Morgan fingerprint density at radius 1 is 1.11 bits per heavy atom. The Kier molecular flexibility index (Phi) is 5.33. The normalized spacial score (nSPS) is 18.2. The van der Waals surface area contributed by atoms with Crippen LogP contribution in [0.3, 0.4) is 0 Å². The summed E-state index contributed by atoms with van der Waals surface area (Å²) in [6.45, 7) is 3.49. The molecule has 146 valence electrons. The van der Waals surface area contributed by atoms with Crippen LogP contribution in [0.2, 0.25) is 0 Å². The van der Waals surface area contributed by atoms with E-state index in [4.69, 9.17) is 4.74 Å². The number of hydrogen-bond donors (Lipinski definition) is 0. The highest BCUT2D eigenvalue weighted by Crippen LogP contribution is 2.29. The summed E-state index contributed by atoms with van der Waals surface area (Å²) in [6, 6.07) is 16.8. The van der Waals surface area contributed by atoms with Crippen molar-refractivity contribution < 1.29 is 13.2 Å². The first-order valence-electron chi connectivity index (χ1n) is 9.58. The Morgan fingerprint density at radius 3 is 2.75 bits per heavy atom. The van der Waals surface area contributed by atoms with E-state index in [0.717, 1.165) is 29.7 Å². The van der Waals surface area contributed by atoms with E-state index in [9.17, 15) is 8.42 Å². The standard InChI is InChI=1S/C22H24N2O3S/c1-17-11-12-21(20-10-5-13-23-22(17)20)28(25,26)24-14-6-7-18(15-24)16-27-19-8-3-2-4-9-19/h2-5,8-13,18H,6-7,14-16H2,1H3. The van der Waals surface area contributed by atoms with Crippen LogP contribution in [0.4, 0.5) is 0 Å². The molecule has 1 unspecified atom stereocenters. The third kappa shape index (κ3) is 3.75. The SMILES string of the molecule is Cc1ccc(S(=O)(=O)N2CCCC(COc3ccccc3)C2)c2cccnc12. The van der Waals surface area contributed by atoms with Crippen LogP contribution in [-0.2, 0) is 10.0 Å². The lowest BCUT2D eigenvalue weighted by Crippen LogP contribution is -2.41. The summed E-state index contributed by atoms with van der Waals surface area (Å²) in [4.78, 5) is 4.71. The van der Waals surface area contributed by atoms with Crippen molar-refractivity contribution in [3.8, 4) is 5.75 Å². The maximum Gasteiger partial charge on any atom is 0.243 e. The zero-order valence-corrected chi connectivity index (χ0v) is 16.7. The van der Waals surface area contributed by atoms with E-state index < -0.39 is 10.0 Å². The van der Waals surface area contributed by atoms with Gasteiger partial charge in [-0.3, -0.25) is 4.98 Å². The number of nitrogens with zero attached hydrogens (tertiary/aromatic N) is 2. The highest BCUT2D eigenvalue weighted by Gasteiger charge is 2.31. The quantitative estimate of drug-likeness (QED) is 0.653. The number of rotatable bonds is 5. The van der Waals surface area contributed by atoms with Gasteiger partial charge in [0.05, 0.1) is 17.0 Å². The molecule has 0 aliphatic carbocycles. The van der Waals surface area contributed by atoms with Gasteiger partial charge in [0.15, 0.2) is 0 Å². The van der Waals surface area contributed by atoms with Gasteiger partial charge in [0, 0.05) is 30.6 Å². The Hall–Kier alpha value is -2.44. The molecule has 1 fully saturated rings. The second kappa shape index (κ2) is 7.89. The van der Waals surface area contributed by atoms with Crippen molar-refractivity contribution in [3.05, 3.63) is 66.4 Å². The van der Waals surface area contributed by atoms with Gasteiger partial charge in [-0.2, -0.15) is 4.31 Å². The van der Waals surface area contributed by atoms with E-state index in [1.807, 2.05) is 49.4 Å². The van der Waals surface area contributed by atoms with Crippen LogP contribution in [0.15, 0.2) is 65.7 Å². The van der Waals surface area contributed by atoms with Gasteiger partial charge in [0.25, 0.3) is 0 Å². The number of benzene rings is 2. The van der Waals surface area contributed by atoms with Crippen molar-refractivity contribution in [2.24, 2.45) is 5.92 Å². The summed E-state index contributed by atoms with van der Waals surface area (Å²) < 4.78 is 34.2. The molecule has 0 radical (unpaired) electrons. The number of sulfonamides is 1. The number of hydrogen-bond acceptors (Lipinski definition) is 4. The van der Waals surface area contributed by atoms with Gasteiger partial charge in [-0.15, -0.1) is 0 Å². The van der Waals surface area contributed by atoms with Gasteiger partial charge in [-0.25, -0.2) is 8.42 Å². The van der Waals surface area contributed by atoms with Crippen molar-refractivity contribution >= 4 is 20.9 Å². The lowest BCUT2D eigenvalue weighted by molar-refractivity contribution is 0.180. The molecule has 0 N–H and O–H groups in total. The van der Waals surface area contributed by atoms with Gasteiger partial charge < -0.3 is 4.74 Å². The molecule has 1 atom stereocenters. The van der Waals surface area contributed by atoms with Crippen LogP contribution in [0.1, 0.15) is 18.4 Å². The Bertz CT molecular complexity index is 1070. The molecule has 1 aromatic heterocycles. The molecular formula is C22H24N2O3S. The van der Waals surface area contributed by atoms with E-state index in [1.165, 1.54) is 0 Å².